The Morgan fingerprint density at radius 3 is 2.95 bits per heavy atom. The smallest absolute Gasteiger partial charge is 0.317 e. The Morgan fingerprint density at radius 1 is 1.55 bits per heavy atom. The molecule has 2 rings (SSSR count). The zero-order valence-corrected chi connectivity index (χ0v) is 13.5. The van der Waals surface area contributed by atoms with E-state index in [1.54, 1.807) is 25.2 Å². The Balaban J connectivity index is 2.00. The molecule has 0 spiro atoms. The monoisotopic (exact) mass is 328 g/mol. The highest BCUT2D eigenvalue weighted by Crippen LogP contribution is 2.24. The molecule has 22 heavy (non-hydrogen) atoms. The number of benzene rings is 1. The van der Waals surface area contributed by atoms with E-state index in [0.29, 0.717) is 30.5 Å². The third kappa shape index (κ3) is 4.25. The molecule has 0 unspecified atom stereocenters. The minimum absolute atomic E-state index is 0.247. The molecule has 122 valence electrons. The summed E-state index contributed by atoms with van der Waals surface area (Å²) in [6, 6.07) is 4.67. The molecule has 1 fully saturated rings. The lowest BCUT2D eigenvalue weighted by Crippen LogP contribution is -2.47. The van der Waals surface area contributed by atoms with Gasteiger partial charge in [0.25, 0.3) is 0 Å². The number of ether oxygens (including phenoxy) is 2. The van der Waals surface area contributed by atoms with E-state index >= 15 is 0 Å². The van der Waals surface area contributed by atoms with Gasteiger partial charge in [-0.1, -0.05) is 11.6 Å². The molecule has 1 aliphatic rings. The van der Waals surface area contributed by atoms with Gasteiger partial charge in [-0.2, -0.15) is 0 Å². The van der Waals surface area contributed by atoms with Crippen molar-refractivity contribution in [1.29, 1.82) is 0 Å². The second-order valence-corrected chi connectivity index (χ2v) is 5.64. The fourth-order valence-electron chi connectivity index (χ4n) is 2.24. The van der Waals surface area contributed by atoms with Crippen molar-refractivity contribution < 1.29 is 19.4 Å². The van der Waals surface area contributed by atoms with Gasteiger partial charge in [0.2, 0.25) is 0 Å². The lowest BCUT2D eigenvalue weighted by Gasteiger charge is -2.23. The van der Waals surface area contributed by atoms with Crippen LogP contribution in [0.1, 0.15) is 12.5 Å². The van der Waals surface area contributed by atoms with Crippen molar-refractivity contribution in [2.45, 2.75) is 25.6 Å². The Labute approximate surface area is 135 Å². The summed E-state index contributed by atoms with van der Waals surface area (Å²) in [5.74, 6) is 0.704. The van der Waals surface area contributed by atoms with Crippen molar-refractivity contribution in [3.8, 4) is 5.75 Å². The molecule has 2 N–H and O–H groups in total. The first-order valence-electron chi connectivity index (χ1n) is 7.20. The molecule has 1 aromatic carbocycles. The van der Waals surface area contributed by atoms with Gasteiger partial charge in [0.1, 0.15) is 5.75 Å². The van der Waals surface area contributed by atoms with Crippen molar-refractivity contribution in [1.82, 2.24) is 10.2 Å². The fourth-order valence-corrected chi connectivity index (χ4v) is 2.44. The maximum atomic E-state index is 12.2. The second-order valence-electron chi connectivity index (χ2n) is 5.20. The Morgan fingerprint density at radius 2 is 2.32 bits per heavy atom. The molecule has 0 bridgehead atoms. The molecule has 0 radical (unpaired) electrons. The topological polar surface area (TPSA) is 71.0 Å². The predicted octanol–water partition coefficient (Wildman–Crippen LogP) is 1.64. The molecule has 0 aromatic heterocycles. The van der Waals surface area contributed by atoms with Gasteiger partial charge in [-0.05, 0) is 25.1 Å². The number of hydrogen-bond donors (Lipinski definition) is 2. The third-order valence-electron chi connectivity index (χ3n) is 3.44. The first-order valence-corrected chi connectivity index (χ1v) is 7.57. The number of carbonyl (C=O) groups excluding carboxylic acids is 1. The van der Waals surface area contributed by atoms with Gasteiger partial charge in [-0.3, -0.25) is 0 Å². The third-order valence-corrected chi connectivity index (χ3v) is 3.67. The normalized spacial score (nSPS) is 20.7. The lowest BCUT2D eigenvalue weighted by molar-refractivity contribution is 0.121. The zero-order valence-electron chi connectivity index (χ0n) is 12.7. The Bertz CT molecular complexity index is 526. The van der Waals surface area contributed by atoms with E-state index in [1.807, 2.05) is 6.92 Å². The molecule has 2 amide bonds. The SMILES string of the molecule is CCOc1ccc(Cl)cc1CN(C)C(=O)N[C@H]1COC[C@@H]1O. The Hall–Kier alpha value is -1.50. The number of aliphatic hydroxyl groups excluding tert-OH is 1. The summed E-state index contributed by atoms with van der Waals surface area (Å²) in [7, 11) is 1.67. The van der Waals surface area contributed by atoms with Crippen LogP contribution in [-0.4, -0.2) is 55.1 Å². The predicted molar refractivity (Wildman–Crippen MR) is 83.2 cm³/mol. The lowest BCUT2D eigenvalue weighted by atomic mass is 10.2. The van der Waals surface area contributed by atoms with Crippen LogP contribution in [0.4, 0.5) is 4.79 Å². The van der Waals surface area contributed by atoms with Crippen molar-refractivity contribution >= 4 is 17.6 Å². The number of carbonyl (C=O) groups is 1. The summed E-state index contributed by atoms with van der Waals surface area (Å²) in [6.45, 7) is 3.36. The molecule has 6 nitrogen and oxygen atoms in total. The number of rotatable bonds is 5. The van der Waals surface area contributed by atoms with Gasteiger partial charge >= 0.3 is 6.03 Å². The fraction of sp³-hybridized carbons (Fsp3) is 0.533. The summed E-state index contributed by atoms with van der Waals surface area (Å²) in [5.41, 5.74) is 0.829. The van der Waals surface area contributed by atoms with E-state index in [1.165, 1.54) is 4.90 Å². The highest BCUT2D eigenvalue weighted by atomic mass is 35.5. The van der Waals surface area contributed by atoms with E-state index in [-0.39, 0.29) is 18.7 Å². The van der Waals surface area contributed by atoms with E-state index in [9.17, 15) is 9.90 Å². The number of halogens is 1. The average molecular weight is 329 g/mol. The maximum Gasteiger partial charge on any atom is 0.317 e. The molecule has 2 atom stereocenters. The summed E-state index contributed by atoms with van der Waals surface area (Å²) >= 11 is 6.01. The second kappa shape index (κ2) is 7.67. The summed E-state index contributed by atoms with van der Waals surface area (Å²) in [5, 5.41) is 13.0. The summed E-state index contributed by atoms with van der Waals surface area (Å²) in [6.07, 6.45) is -0.664. The minimum atomic E-state index is -0.664. The van der Waals surface area contributed by atoms with Crippen LogP contribution in [0.25, 0.3) is 0 Å². The summed E-state index contributed by atoms with van der Waals surface area (Å²) < 4.78 is 10.7. The quantitative estimate of drug-likeness (QED) is 0.862. The number of nitrogens with one attached hydrogen (secondary N) is 1. The largest absolute Gasteiger partial charge is 0.494 e. The van der Waals surface area contributed by atoms with E-state index < -0.39 is 6.10 Å². The van der Waals surface area contributed by atoms with Gasteiger partial charge < -0.3 is 24.8 Å². The van der Waals surface area contributed by atoms with Crippen molar-refractivity contribution in [2.75, 3.05) is 26.9 Å². The molecule has 0 saturated carbocycles. The van der Waals surface area contributed by atoms with Gasteiger partial charge in [0.05, 0.1) is 38.5 Å². The van der Waals surface area contributed by atoms with E-state index in [0.717, 1.165) is 5.56 Å². The Kier molecular flexibility index (Phi) is 5.88. The van der Waals surface area contributed by atoms with Crippen molar-refractivity contribution in [2.24, 2.45) is 0 Å². The van der Waals surface area contributed by atoms with Crippen LogP contribution < -0.4 is 10.1 Å². The van der Waals surface area contributed by atoms with Crippen LogP contribution in [0.2, 0.25) is 5.02 Å². The zero-order chi connectivity index (χ0) is 16.1. The standard InChI is InChI=1S/C15H21ClN2O4/c1-3-22-14-5-4-11(16)6-10(14)7-18(2)15(20)17-12-8-21-9-13(12)19/h4-6,12-13,19H,3,7-9H2,1-2H3,(H,17,20)/t12-,13-/m0/s1. The minimum Gasteiger partial charge on any atom is -0.494 e. The maximum absolute atomic E-state index is 12.2. The molecule has 1 aromatic rings. The van der Waals surface area contributed by atoms with Gasteiger partial charge in [0.15, 0.2) is 0 Å². The van der Waals surface area contributed by atoms with Crippen molar-refractivity contribution in [3.05, 3.63) is 28.8 Å². The van der Waals surface area contributed by atoms with Crippen LogP contribution in [-0.2, 0) is 11.3 Å². The number of hydrogen-bond acceptors (Lipinski definition) is 4. The molecule has 0 aliphatic carbocycles. The molecular weight excluding hydrogens is 308 g/mol. The first kappa shape index (κ1) is 16.9. The van der Waals surface area contributed by atoms with Gasteiger partial charge in [-0.15, -0.1) is 0 Å². The molecular formula is C15H21ClN2O4. The number of urea groups is 1. The van der Waals surface area contributed by atoms with Crippen LogP contribution in [0, 0.1) is 0 Å². The highest BCUT2D eigenvalue weighted by molar-refractivity contribution is 6.30. The van der Waals surface area contributed by atoms with Gasteiger partial charge in [-0.25, -0.2) is 4.79 Å². The van der Waals surface area contributed by atoms with E-state index in [2.05, 4.69) is 5.32 Å². The van der Waals surface area contributed by atoms with Gasteiger partial charge in [0, 0.05) is 17.6 Å². The van der Waals surface area contributed by atoms with Crippen molar-refractivity contribution in [3.63, 3.8) is 0 Å². The van der Waals surface area contributed by atoms with Crippen LogP contribution >= 0.6 is 11.6 Å². The number of amides is 2. The van der Waals surface area contributed by atoms with Crippen LogP contribution in [0.3, 0.4) is 0 Å². The average Bonchev–Trinajstić information content (AvgIpc) is 2.87. The molecule has 1 saturated heterocycles. The van der Waals surface area contributed by atoms with Crippen LogP contribution in [0.15, 0.2) is 18.2 Å². The first-order chi connectivity index (χ1) is 10.5. The number of aliphatic hydroxyl groups is 1. The highest BCUT2D eigenvalue weighted by Gasteiger charge is 2.28. The molecule has 1 aliphatic heterocycles. The summed E-state index contributed by atoms with van der Waals surface area (Å²) in [4.78, 5) is 13.7. The molecule has 1 heterocycles. The van der Waals surface area contributed by atoms with Crippen LogP contribution in [0.5, 0.6) is 5.75 Å². The molecule has 7 heteroatoms. The number of nitrogens with zero attached hydrogens (tertiary/aromatic N) is 1. The van der Waals surface area contributed by atoms with E-state index in [4.69, 9.17) is 21.1 Å².